The summed E-state index contributed by atoms with van der Waals surface area (Å²) in [6, 6.07) is 5.47. The second-order valence-corrected chi connectivity index (χ2v) is 6.29. The number of anilines is 2. The Morgan fingerprint density at radius 1 is 1.35 bits per heavy atom. The summed E-state index contributed by atoms with van der Waals surface area (Å²) < 4.78 is 0. The number of para-hydroxylation sites is 1. The molecule has 118 valence electrons. The van der Waals surface area contributed by atoms with E-state index in [4.69, 9.17) is 11.6 Å². The van der Waals surface area contributed by atoms with Gasteiger partial charge in [-0.15, -0.1) is 0 Å². The molecular formula is C16H15ClN4O2. The summed E-state index contributed by atoms with van der Waals surface area (Å²) >= 11 is 6.39. The molecule has 0 fully saturated rings. The standard InChI is InChI=1S/C16H15ClN4O2/c1-2-6-21-13-9(4-3-5-11(13)17)16(15(21)23)7-12(22)19-14-10(16)8-18-20-14/h3-5,8H,2,6-7H2,1H3,(H2,18,19,20,22)/t16-/m0/s1. The number of fused-ring (bicyclic) bond motifs is 4. The van der Waals surface area contributed by atoms with Crippen LogP contribution in [0.15, 0.2) is 24.4 Å². The molecule has 0 aliphatic carbocycles. The predicted octanol–water partition coefficient (Wildman–Crippen LogP) is 2.45. The van der Waals surface area contributed by atoms with E-state index in [0.29, 0.717) is 28.6 Å². The van der Waals surface area contributed by atoms with Crippen LogP contribution < -0.4 is 10.2 Å². The molecular weight excluding hydrogens is 316 g/mol. The summed E-state index contributed by atoms with van der Waals surface area (Å²) in [5, 5.41) is 10.0. The zero-order chi connectivity index (χ0) is 16.2. The monoisotopic (exact) mass is 330 g/mol. The molecule has 0 saturated heterocycles. The first-order valence-corrected chi connectivity index (χ1v) is 7.92. The fraction of sp³-hybridized carbons (Fsp3) is 0.312. The number of benzene rings is 1. The van der Waals surface area contributed by atoms with E-state index < -0.39 is 5.41 Å². The van der Waals surface area contributed by atoms with Crippen LogP contribution in [0.5, 0.6) is 0 Å². The van der Waals surface area contributed by atoms with E-state index in [-0.39, 0.29) is 18.2 Å². The summed E-state index contributed by atoms with van der Waals surface area (Å²) in [7, 11) is 0. The van der Waals surface area contributed by atoms with Crippen LogP contribution >= 0.6 is 11.6 Å². The number of amides is 2. The van der Waals surface area contributed by atoms with Crippen molar-refractivity contribution in [2.75, 3.05) is 16.8 Å². The van der Waals surface area contributed by atoms with Gasteiger partial charge in [0.05, 0.1) is 16.9 Å². The molecule has 0 saturated carbocycles. The van der Waals surface area contributed by atoms with Gasteiger partial charge in [0.1, 0.15) is 11.2 Å². The zero-order valence-corrected chi connectivity index (χ0v) is 13.3. The quantitative estimate of drug-likeness (QED) is 0.887. The number of aromatic amines is 1. The number of rotatable bonds is 2. The first kappa shape index (κ1) is 14.3. The van der Waals surface area contributed by atoms with E-state index in [0.717, 1.165) is 12.0 Å². The maximum Gasteiger partial charge on any atom is 0.242 e. The third kappa shape index (κ3) is 1.72. The molecule has 2 aliphatic rings. The number of halogens is 1. The van der Waals surface area contributed by atoms with Gasteiger partial charge in [0, 0.05) is 18.5 Å². The summed E-state index contributed by atoms with van der Waals surface area (Å²) in [6.07, 6.45) is 2.48. The number of carbonyl (C=O) groups is 2. The molecule has 2 amide bonds. The molecule has 2 aromatic rings. The van der Waals surface area contributed by atoms with Crippen molar-refractivity contribution in [3.05, 3.63) is 40.5 Å². The van der Waals surface area contributed by atoms with Crippen molar-refractivity contribution < 1.29 is 9.59 Å². The van der Waals surface area contributed by atoms with Gasteiger partial charge >= 0.3 is 0 Å². The van der Waals surface area contributed by atoms with Crippen molar-refractivity contribution in [1.82, 2.24) is 10.2 Å². The number of H-pyrrole nitrogens is 1. The SMILES string of the molecule is CCCN1C(=O)[C@@]2(CC(=O)Nc3[nH]ncc32)c2cccc(Cl)c21. The van der Waals surface area contributed by atoms with Crippen LogP contribution in [0, 0.1) is 0 Å². The van der Waals surface area contributed by atoms with Crippen molar-refractivity contribution >= 4 is 34.9 Å². The number of carbonyl (C=O) groups excluding carboxylic acids is 2. The van der Waals surface area contributed by atoms with Crippen LogP contribution in [0.2, 0.25) is 5.02 Å². The average molecular weight is 331 g/mol. The molecule has 1 spiro atoms. The number of nitrogens with zero attached hydrogens (tertiary/aromatic N) is 2. The van der Waals surface area contributed by atoms with Gasteiger partial charge in [-0.3, -0.25) is 14.7 Å². The largest absolute Gasteiger partial charge is 0.311 e. The summed E-state index contributed by atoms with van der Waals surface area (Å²) in [5.41, 5.74) is 1.15. The first-order valence-electron chi connectivity index (χ1n) is 7.54. The van der Waals surface area contributed by atoms with E-state index in [9.17, 15) is 9.59 Å². The fourth-order valence-electron chi connectivity index (χ4n) is 3.67. The van der Waals surface area contributed by atoms with E-state index in [1.165, 1.54) is 0 Å². The topological polar surface area (TPSA) is 78.1 Å². The van der Waals surface area contributed by atoms with Crippen molar-refractivity contribution in [3.63, 3.8) is 0 Å². The van der Waals surface area contributed by atoms with E-state index in [1.807, 2.05) is 19.1 Å². The number of hydrogen-bond donors (Lipinski definition) is 2. The van der Waals surface area contributed by atoms with Gasteiger partial charge < -0.3 is 10.2 Å². The van der Waals surface area contributed by atoms with Crippen LogP contribution in [-0.4, -0.2) is 28.6 Å². The van der Waals surface area contributed by atoms with Gasteiger partial charge in [-0.2, -0.15) is 5.10 Å². The minimum absolute atomic E-state index is 0.0614. The Bertz CT molecular complexity index is 831. The van der Waals surface area contributed by atoms with Gasteiger partial charge in [-0.1, -0.05) is 30.7 Å². The molecule has 2 N–H and O–H groups in total. The lowest BCUT2D eigenvalue weighted by Gasteiger charge is -2.31. The Kier molecular flexibility index (Phi) is 2.99. The van der Waals surface area contributed by atoms with E-state index in [1.54, 1.807) is 17.2 Å². The van der Waals surface area contributed by atoms with Gasteiger partial charge in [-0.05, 0) is 18.1 Å². The number of nitrogens with one attached hydrogen (secondary N) is 2. The van der Waals surface area contributed by atoms with Crippen molar-refractivity contribution in [2.24, 2.45) is 0 Å². The fourth-order valence-corrected chi connectivity index (χ4v) is 3.95. The van der Waals surface area contributed by atoms with Gasteiger partial charge in [0.25, 0.3) is 0 Å². The number of aromatic nitrogens is 2. The minimum Gasteiger partial charge on any atom is -0.311 e. The molecule has 23 heavy (non-hydrogen) atoms. The first-order chi connectivity index (χ1) is 11.1. The number of hydrogen-bond acceptors (Lipinski definition) is 3. The Morgan fingerprint density at radius 2 is 2.17 bits per heavy atom. The highest BCUT2D eigenvalue weighted by atomic mass is 35.5. The lowest BCUT2D eigenvalue weighted by molar-refractivity contribution is -0.126. The van der Waals surface area contributed by atoms with Crippen LogP contribution in [0.3, 0.4) is 0 Å². The Balaban J connectivity index is 2.03. The zero-order valence-electron chi connectivity index (χ0n) is 12.5. The molecule has 6 nitrogen and oxygen atoms in total. The molecule has 4 rings (SSSR count). The molecule has 1 aromatic heterocycles. The average Bonchev–Trinajstić information content (AvgIpc) is 3.07. The maximum atomic E-state index is 13.3. The molecule has 7 heteroatoms. The lowest BCUT2D eigenvalue weighted by Crippen LogP contribution is -2.46. The molecule has 1 aromatic carbocycles. The van der Waals surface area contributed by atoms with E-state index in [2.05, 4.69) is 15.5 Å². The molecule has 3 heterocycles. The lowest BCUT2D eigenvalue weighted by atomic mass is 9.72. The molecule has 0 radical (unpaired) electrons. The van der Waals surface area contributed by atoms with Crippen LogP contribution in [0.25, 0.3) is 0 Å². The maximum absolute atomic E-state index is 13.3. The Morgan fingerprint density at radius 3 is 2.96 bits per heavy atom. The van der Waals surface area contributed by atoms with E-state index >= 15 is 0 Å². The highest BCUT2D eigenvalue weighted by Crippen LogP contribution is 2.53. The van der Waals surface area contributed by atoms with Crippen LogP contribution in [-0.2, 0) is 15.0 Å². The van der Waals surface area contributed by atoms with Crippen molar-refractivity contribution in [2.45, 2.75) is 25.2 Å². The smallest absolute Gasteiger partial charge is 0.242 e. The molecule has 2 aliphatic heterocycles. The third-order valence-electron chi connectivity index (χ3n) is 4.56. The molecule has 0 unspecified atom stereocenters. The second-order valence-electron chi connectivity index (χ2n) is 5.88. The highest BCUT2D eigenvalue weighted by Gasteiger charge is 2.57. The predicted molar refractivity (Wildman–Crippen MR) is 86.7 cm³/mol. The van der Waals surface area contributed by atoms with Crippen LogP contribution in [0.1, 0.15) is 30.9 Å². The third-order valence-corrected chi connectivity index (χ3v) is 4.87. The summed E-state index contributed by atoms with van der Waals surface area (Å²) in [6.45, 7) is 2.57. The minimum atomic E-state index is -1.04. The van der Waals surface area contributed by atoms with Gasteiger partial charge in [0.2, 0.25) is 11.8 Å². The van der Waals surface area contributed by atoms with Crippen LogP contribution in [0.4, 0.5) is 11.5 Å². The summed E-state index contributed by atoms with van der Waals surface area (Å²) in [4.78, 5) is 27.3. The Labute approximate surface area is 137 Å². The van der Waals surface area contributed by atoms with Crippen molar-refractivity contribution in [3.8, 4) is 0 Å². The molecule has 1 atom stereocenters. The summed E-state index contributed by atoms with van der Waals surface area (Å²) in [5.74, 6) is 0.165. The van der Waals surface area contributed by atoms with Gasteiger partial charge in [-0.25, -0.2) is 0 Å². The highest BCUT2D eigenvalue weighted by molar-refractivity contribution is 6.35. The molecule has 0 bridgehead atoms. The normalized spacial score (nSPS) is 22.3. The Hall–Kier alpha value is -2.34. The van der Waals surface area contributed by atoms with Gasteiger partial charge in [0.15, 0.2) is 0 Å². The second kappa shape index (κ2) is 4.83. The van der Waals surface area contributed by atoms with Crippen molar-refractivity contribution in [1.29, 1.82) is 0 Å².